The third kappa shape index (κ3) is 1.66. The lowest BCUT2D eigenvalue weighted by molar-refractivity contribution is 0.0697. The van der Waals surface area contributed by atoms with Gasteiger partial charge in [-0.25, -0.2) is 9.78 Å². The van der Waals surface area contributed by atoms with Crippen molar-refractivity contribution in [3.63, 3.8) is 0 Å². The maximum Gasteiger partial charge on any atom is 0.339 e. The van der Waals surface area contributed by atoms with E-state index in [9.17, 15) is 4.79 Å². The van der Waals surface area contributed by atoms with Gasteiger partial charge in [-0.05, 0) is 12.1 Å². The smallest absolute Gasteiger partial charge is 0.339 e. The van der Waals surface area contributed by atoms with Gasteiger partial charge in [-0.3, -0.25) is 0 Å². The molecular formula is C12H13NO3. The van der Waals surface area contributed by atoms with Crippen LogP contribution in [0, 0.1) is 0 Å². The number of fused-ring (bicyclic) bond motifs is 1. The molecule has 1 heterocycles. The second kappa shape index (κ2) is 3.33. The number of carboxylic acid groups (broad SMARTS) is 1. The topological polar surface area (TPSA) is 63.3 Å². The van der Waals surface area contributed by atoms with Crippen LogP contribution >= 0.6 is 0 Å². The lowest BCUT2D eigenvalue weighted by atomic mass is 9.97. The van der Waals surface area contributed by atoms with Gasteiger partial charge in [-0.2, -0.15) is 0 Å². The number of para-hydroxylation sites is 1. The average molecular weight is 219 g/mol. The highest BCUT2D eigenvalue weighted by atomic mass is 16.4. The summed E-state index contributed by atoms with van der Waals surface area (Å²) in [6, 6.07) is 4.93. The zero-order valence-electron chi connectivity index (χ0n) is 9.44. The number of carbonyl (C=O) groups is 1. The molecule has 0 saturated heterocycles. The molecule has 0 atom stereocenters. The Morgan fingerprint density at radius 1 is 1.38 bits per heavy atom. The minimum absolute atomic E-state index is 0.153. The van der Waals surface area contributed by atoms with Gasteiger partial charge in [-0.15, -0.1) is 0 Å². The molecule has 4 nitrogen and oxygen atoms in total. The second-order valence-electron chi connectivity index (χ2n) is 4.73. The number of carboxylic acids is 1. The standard InChI is InChI=1S/C12H13NO3/c1-12(2,3)11-13-8-6-4-5-7(10(14)15)9(8)16-11/h4-6H,1-3H3,(H,14,15). The Hall–Kier alpha value is -1.84. The first kappa shape index (κ1) is 10.7. The molecule has 0 aliphatic heterocycles. The van der Waals surface area contributed by atoms with Gasteiger partial charge in [0, 0.05) is 5.41 Å². The Kier molecular flexibility index (Phi) is 2.22. The number of hydrogen-bond donors (Lipinski definition) is 1. The Morgan fingerprint density at radius 3 is 2.62 bits per heavy atom. The van der Waals surface area contributed by atoms with Crippen LogP contribution in [0.1, 0.15) is 37.0 Å². The normalized spacial score (nSPS) is 11.9. The van der Waals surface area contributed by atoms with Crippen LogP contribution in [0.4, 0.5) is 0 Å². The van der Waals surface area contributed by atoms with Gasteiger partial charge in [0.05, 0.1) is 0 Å². The van der Waals surface area contributed by atoms with Gasteiger partial charge in [0.25, 0.3) is 0 Å². The van der Waals surface area contributed by atoms with Gasteiger partial charge in [0.15, 0.2) is 5.58 Å². The number of aromatic nitrogens is 1. The maximum atomic E-state index is 11.0. The van der Waals surface area contributed by atoms with E-state index in [-0.39, 0.29) is 11.0 Å². The fourth-order valence-corrected chi connectivity index (χ4v) is 1.44. The van der Waals surface area contributed by atoms with Crippen molar-refractivity contribution < 1.29 is 14.3 Å². The number of rotatable bonds is 1. The van der Waals surface area contributed by atoms with Crippen LogP contribution in [0.2, 0.25) is 0 Å². The van der Waals surface area contributed by atoms with E-state index in [0.29, 0.717) is 17.0 Å². The molecule has 0 aliphatic rings. The molecular weight excluding hydrogens is 206 g/mol. The molecule has 1 aromatic heterocycles. The SMILES string of the molecule is CC(C)(C)c1nc2cccc(C(=O)O)c2o1. The van der Waals surface area contributed by atoms with E-state index in [1.54, 1.807) is 12.1 Å². The Bertz CT molecular complexity index is 549. The van der Waals surface area contributed by atoms with Crippen LogP contribution in [0.5, 0.6) is 0 Å². The van der Waals surface area contributed by atoms with Crippen molar-refractivity contribution in [3.8, 4) is 0 Å². The van der Waals surface area contributed by atoms with Crippen LogP contribution in [-0.2, 0) is 5.41 Å². The predicted octanol–water partition coefficient (Wildman–Crippen LogP) is 2.82. The van der Waals surface area contributed by atoms with E-state index in [0.717, 1.165) is 0 Å². The van der Waals surface area contributed by atoms with Gasteiger partial charge in [-0.1, -0.05) is 26.8 Å². The molecule has 0 unspecified atom stereocenters. The predicted molar refractivity (Wildman–Crippen MR) is 59.7 cm³/mol. The summed E-state index contributed by atoms with van der Waals surface area (Å²) in [5.74, 6) is -0.446. The summed E-state index contributed by atoms with van der Waals surface area (Å²) in [7, 11) is 0. The van der Waals surface area contributed by atoms with Gasteiger partial charge < -0.3 is 9.52 Å². The van der Waals surface area contributed by atoms with Crippen molar-refractivity contribution in [2.24, 2.45) is 0 Å². The van der Waals surface area contributed by atoms with Crippen LogP contribution in [0.15, 0.2) is 22.6 Å². The molecule has 84 valence electrons. The zero-order valence-corrected chi connectivity index (χ0v) is 9.44. The molecule has 0 fully saturated rings. The van der Waals surface area contributed by atoms with E-state index in [2.05, 4.69) is 4.98 Å². The van der Waals surface area contributed by atoms with Crippen molar-refractivity contribution in [2.75, 3.05) is 0 Å². The van der Waals surface area contributed by atoms with E-state index in [1.165, 1.54) is 6.07 Å². The quantitative estimate of drug-likeness (QED) is 0.801. The summed E-state index contributed by atoms with van der Waals surface area (Å²) in [6.45, 7) is 5.91. The summed E-state index contributed by atoms with van der Waals surface area (Å²) in [5.41, 5.74) is 0.861. The molecule has 2 rings (SSSR count). The van der Waals surface area contributed by atoms with Crippen molar-refractivity contribution in [1.82, 2.24) is 4.98 Å². The monoisotopic (exact) mass is 219 g/mol. The average Bonchev–Trinajstić information content (AvgIpc) is 2.59. The molecule has 1 aromatic carbocycles. The lowest BCUT2D eigenvalue weighted by Gasteiger charge is -2.11. The molecule has 4 heteroatoms. The van der Waals surface area contributed by atoms with Crippen molar-refractivity contribution >= 4 is 17.1 Å². The third-order valence-electron chi connectivity index (χ3n) is 2.29. The van der Waals surface area contributed by atoms with Gasteiger partial charge in [0.1, 0.15) is 11.1 Å². The number of oxazole rings is 1. The lowest BCUT2D eigenvalue weighted by Crippen LogP contribution is -2.10. The highest BCUT2D eigenvalue weighted by Crippen LogP contribution is 2.27. The van der Waals surface area contributed by atoms with E-state index in [1.807, 2.05) is 20.8 Å². The Labute approximate surface area is 92.9 Å². The Morgan fingerprint density at radius 2 is 2.06 bits per heavy atom. The minimum atomic E-state index is -0.998. The zero-order chi connectivity index (χ0) is 11.9. The molecule has 16 heavy (non-hydrogen) atoms. The highest BCUT2D eigenvalue weighted by Gasteiger charge is 2.22. The second-order valence-corrected chi connectivity index (χ2v) is 4.73. The molecule has 0 aliphatic carbocycles. The molecule has 0 bridgehead atoms. The first-order chi connectivity index (χ1) is 7.39. The molecule has 2 aromatic rings. The van der Waals surface area contributed by atoms with Crippen molar-refractivity contribution in [2.45, 2.75) is 26.2 Å². The molecule has 0 spiro atoms. The summed E-state index contributed by atoms with van der Waals surface area (Å²) >= 11 is 0. The first-order valence-electron chi connectivity index (χ1n) is 5.03. The minimum Gasteiger partial charge on any atom is -0.478 e. The van der Waals surface area contributed by atoms with Crippen LogP contribution in [-0.4, -0.2) is 16.1 Å². The first-order valence-corrected chi connectivity index (χ1v) is 5.03. The number of nitrogens with zero attached hydrogens (tertiary/aromatic N) is 1. The molecule has 0 radical (unpaired) electrons. The summed E-state index contributed by atoms with van der Waals surface area (Å²) < 4.78 is 5.53. The van der Waals surface area contributed by atoms with Gasteiger partial charge >= 0.3 is 5.97 Å². The largest absolute Gasteiger partial charge is 0.478 e. The fourth-order valence-electron chi connectivity index (χ4n) is 1.44. The summed E-state index contributed by atoms with van der Waals surface area (Å²) in [6.07, 6.45) is 0. The van der Waals surface area contributed by atoms with Gasteiger partial charge in [0.2, 0.25) is 5.89 Å². The summed E-state index contributed by atoms with van der Waals surface area (Å²) in [4.78, 5) is 15.3. The highest BCUT2D eigenvalue weighted by molar-refractivity contribution is 5.99. The van der Waals surface area contributed by atoms with E-state index in [4.69, 9.17) is 9.52 Å². The number of hydrogen-bond acceptors (Lipinski definition) is 3. The van der Waals surface area contributed by atoms with Crippen molar-refractivity contribution in [1.29, 1.82) is 0 Å². The molecule has 0 saturated carbocycles. The third-order valence-corrected chi connectivity index (χ3v) is 2.29. The Balaban J connectivity index is 2.71. The molecule has 1 N–H and O–H groups in total. The maximum absolute atomic E-state index is 11.0. The van der Waals surface area contributed by atoms with E-state index >= 15 is 0 Å². The summed E-state index contributed by atoms with van der Waals surface area (Å²) in [5, 5.41) is 9.01. The van der Waals surface area contributed by atoms with Crippen molar-refractivity contribution in [3.05, 3.63) is 29.7 Å². The number of aromatic carboxylic acids is 1. The fraction of sp³-hybridized carbons (Fsp3) is 0.333. The van der Waals surface area contributed by atoms with Crippen LogP contribution in [0.25, 0.3) is 11.1 Å². The van der Waals surface area contributed by atoms with Crippen LogP contribution in [0.3, 0.4) is 0 Å². The molecule has 0 amide bonds. The van der Waals surface area contributed by atoms with E-state index < -0.39 is 5.97 Å². The van der Waals surface area contributed by atoms with Crippen LogP contribution < -0.4 is 0 Å². The number of benzene rings is 1.